The van der Waals surface area contributed by atoms with Crippen LogP contribution in [0.5, 0.6) is 0 Å². The standard InChI is InChI=1S/C8H16N2O10P2/c1-3-15-21(13,19-9)17-7(11)5-6-8(12)18-22(14,20-10)16-4-2/h5-6H,3-4,9-10H2,1-2H3/b6-5-. The van der Waals surface area contributed by atoms with Gasteiger partial charge in [0.25, 0.3) is 0 Å². The highest BCUT2D eigenvalue weighted by Crippen LogP contribution is 2.48. The van der Waals surface area contributed by atoms with E-state index in [1.807, 2.05) is 0 Å². The largest absolute Gasteiger partial charge is 0.549 e. The van der Waals surface area contributed by atoms with Gasteiger partial charge in [0.2, 0.25) is 0 Å². The summed E-state index contributed by atoms with van der Waals surface area (Å²) in [7, 11) is -8.55. The number of rotatable bonds is 10. The number of nitrogens with two attached hydrogens (primary N) is 2. The zero-order chi connectivity index (χ0) is 17.2. The Kier molecular flexibility index (Phi) is 9.33. The summed E-state index contributed by atoms with van der Waals surface area (Å²) in [4.78, 5) is 22.6. The van der Waals surface area contributed by atoms with Crippen molar-refractivity contribution in [2.45, 2.75) is 13.8 Å². The van der Waals surface area contributed by atoms with Crippen molar-refractivity contribution in [2.24, 2.45) is 11.8 Å². The van der Waals surface area contributed by atoms with Gasteiger partial charge in [0.1, 0.15) is 0 Å². The summed E-state index contributed by atoms with van der Waals surface area (Å²) >= 11 is 0. The van der Waals surface area contributed by atoms with Gasteiger partial charge >= 0.3 is 27.6 Å². The third-order valence-electron chi connectivity index (χ3n) is 1.59. The fraction of sp³-hybridized carbons (Fsp3) is 0.500. The molecule has 0 aliphatic rings. The first-order valence-electron chi connectivity index (χ1n) is 5.65. The molecular formula is C8H16N2O10P2. The van der Waals surface area contributed by atoms with Gasteiger partial charge in [0.15, 0.2) is 0 Å². The van der Waals surface area contributed by atoms with Crippen LogP contribution in [0.25, 0.3) is 0 Å². The van der Waals surface area contributed by atoms with E-state index in [9.17, 15) is 18.7 Å². The summed E-state index contributed by atoms with van der Waals surface area (Å²) < 4.78 is 48.5. The molecule has 0 aromatic rings. The average Bonchev–Trinajstić information content (AvgIpc) is 2.45. The zero-order valence-corrected chi connectivity index (χ0v) is 13.5. The van der Waals surface area contributed by atoms with Crippen molar-refractivity contribution >= 4 is 27.6 Å². The van der Waals surface area contributed by atoms with E-state index in [4.69, 9.17) is 0 Å². The summed E-state index contributed by atoms with van der Waals surface area (Å²) in [5.41, 5.74) is 0. The lowest BCUT2D eigenvalue weighted by molar-refractivity contribution is -0.133. The molecule has 0 bridgehead atoms. The second-order valence-electron chi connectivity index (χ2n) is 3.09. The van der Waals surface area contributed by atoms with Crippen molar-refractivity contribution in [1.82, 2.24) is 0 Å². The normalized spacial score (nSPS) is 16.7. The summed E-state index contributed by atoms with van der Waals surface area (Å²) in [5, 5.41) is 0. The number of hydrogen-bond acceptors (Lipinski definition) is 12. The first kappa shape index (κ1) is 20.9. The van der Waals surface area contributed by atoms with Crippen molar-refractivity contribution in [2.75, 3.05) is 13.2 Å². The topological polar surface area (TPSA) is 176 Å². The van der Waals surface area contributed by atoms with Crippen LogP contribution in [0.1, 0.15) is 13.8 Å². The van der Waals surface area contributed by atoms with Crippen molar-refractivity contribution in [3.05, 3.63) is 12.2 Å². The molecule has 0 saturated carbocycles. The molecule has 0 aromatic heterocycles. The first-order chi connectivity index (χ1) is 10.2. The van der Waals surface area contributed by atoms with Crippen molar-refractivity contribution in [3.8, 4) is 0 Å². The summed E-state index contributed by atoms with van der Waals surface area (Å²) in [6.07, 6.45) is 1.000. The molecular weight excluding hydrogens is 346 g/mol. The molecule has 4 N–H and O–H groups in total. The monoisotopic (exact) mass is 362 g/mol. The van der Waals surface area contributed by atoms with Crippen molar-refractivity contribution < 1.29 is 46.1 Å². The highest BCUT2D eigenvalue weighted by atomic mass is 31.2. The summed E-state index contributed by atoms with van der Waals surface area (Å²) in [5.74, 6) is 6.75. The van der Waals surface area contributed by atoms with Crippen LogP contribution in [0, 0.1) is 0 Å². The van der Waals surface area contributed by atoms with Crippen molar-refractivity contribution in [1.29, 1.82) is 0 Å². The average molecular weight is 362 g/mol. The van der Waals surface area contributed by atoms with E-state index < -0.39 is 27.6 Å². The van der Waals surface area contributed by atoms with E-state index in [0.717, 1.165) is 0 Å². The lowest BCUT2D eigenvalue weighted by Gasteiger charge is -2.12. The molecule has 0 heterocycles. The molecule has 22 heavy (non-hydrogen) atoms. The van der Waals surface area contributed by atoms with Crippen molar-refractivity contribution in [3.63, 3.8) is 0 Å². The Morgan fingerprint density at radius 3 is 1.41 bits per heavy atom. The van der Waals surface area contributed by atoms with Gasteiger partial charge in [-0.1, -0.05) is 0 Å². The second kappa shape index (κ2) is 9.82. The van der Waals surface area contributed by atoms with Crippen LogP contribution in [0.3, 0.4) is 0 Å². The van der Waals surface area contributed by atoms with E-state index in [0.29, 0.717) is 12.2 Å². The molecule has 0 rings (SSSR count). The minimum Gasteiger partial charge on any atom is -0.366 e. The quantitative estimate of drug-likeness (QED) is 0.316. The molecule has 0 amide bonds. The van der Waals surface area contributed by atoms with Gasteiger partial charge in [0.05, 0.1) is 13.2 Å². The Morgan fingerprint density at radius 1 is 0.864 bits per heavy atom. The molecule has 0 saturated heterocycles. The fourth-order valence-electron chi connectivity index (χ4n) is 0.890. The van der Waals surface area contributed by atoms with Crippen LogP contribution in [0.2, 0.25) is 0 Å². The van der Waals surface area contributed by atoms with Crippen LogP contribution in [0.15, 0.2) is 12.2 Å². The predicted molar refractivity (Wildman–Crippen MR) is 70.3 cm³/mol. The number of phosphoric acid groups is 2. The van der Waals surface area contributed by atoms with E-state index in [2.05, 4.69) is 39.1 Å². The lowest BCUT2D eigenvalue weighted by Crippen LogP contribution is -2.10. The number of phosphoric ester groups is 2. The van der Waals surface area contributed by atoms with E-state index in [-0.39, 0.29) is 13.2 Å². The van der Waals surface area contributed by atoms with Gasteiger partial charge in [-0.25, -0.2) is 30.5 Å². The van der Waals surface area contributed by atoms with Crippen LogP contribution >= 0.6 is 15.6 Å². The molecule has 0 aromatic carbocycles. The number of carbonyl (C=O) groups is 2. The molecule has 2 unspecified atom stereocenters. The van der Waals surface area contributed by atoms with Gasteiger partial charge < -0.3 is 9.05 Å². The molecule has 0 fully saturated rings. The third-order valence-corrected chi connectivity index (χ3v) is 4.06. The highest BCUT2D eigenvalue weighted by Gasteiger charge is 2.31. The second-order valence-corrected chi connectivity index (χ2v) is 6.19. The van der Waals surface area contributed by atoms with Gasteiger partial charge in [-0.05, 0) is 13.8 Å². The SMILES string of the molecule is CCOP(=O)(ON)OC(=O)/C=C\C(=O)OP(=O)(ON)OCC. The smallest absolute Gasteiger partial charge is 0.366 e. The molecule has 12 nitrogen and oxygen atoms in total. The van der Waals surface area contributed by atoms with Crippen LogP contribution in [-0.4, -0.2) is 25.2 Å². The maximum atomic E-state index is 11.5. The minimum absolute atomic E-state index is 0.112. The molecule has 2 atom stereocenters. The number of hydrogen-bond donors (Lipinski definition) is 2. The maximum Gasteiger partial charge on any atom is 0.549 e. The first-order valence-corrected chi connectivity index (χ1v) is 8.57. The predicted octanol–water partition coefficient (Wildman–Crippen LogP) is 0.699. The Hall–Kier alpha value is -1.10. The minimum atomic E-state index is -4.27. The zero-order valence-electron chi connectivity index (χ0n) is 11.7. The molecule has 128 valence electrons. The maximum absolute atomic E-state index is 11.5. The highest BCUT2D eigenvalue weighted by molar-refractivity contribution is 7.49. The van der Waals surface area contributed by atoms with E-state index in [1.165, 1.54) is 13.8 Å². The molecule has 0 radical (unpaired) electrons. The van der Waals surface area contributed by atoms with E-state index >= 15 is 0 Å². The Balaban J connectivity index is 4.64. The summed E-state index contributed by atoms with van der Waals surface area (Å²) in [6.45, 7) is 2.67. The Labute approximate surface area is 125 Å². The van der Waals surface area contributed by atoms with Gasteiger partial charge in [0, 0.05) is 12.2 Å². The van der Waals surface area contributed by atoms with Crippen LogP contribution < -0.4 is 11.8 Å². The lowest BCUT2D eigenvalue weighted by atomic mass is 10.5. The van der Waals surface area contributed by atoms with Crippen LogP contribution in [-0.2, 0) is 46.1 Å². The Bertz CT molecular complexity index is 463. The number of carbonyl (C=O) groups excluding carboxylic acids is 2. The molecule has 14 heteroatoms. The Morgan fingerprint density at radius 2 is 1.18 bits per heavy atom. The van der Waals surface area contributed by atoms with Gasteiger partial charge in [-0.3, -0.25) is 9.05 Å². The molecule has 0 aliphatic heterocycles. The van der Waals surface area contributed by atoms with E-state index in [1.54, 1.807) is 0 Å². The molecule has 0 spiro atoms. The molecule has 0 aliphatic carbocycles. The van der Waals surface area contributed by atoms with Gasteiger partial charge in [-0.2, -0.15) is 9.25 Å². The fourth-order valence-corrected chi connectivity index (χ4v) is 2.40. The third kappa shape index (κ3) is 7.78. The van der Waals surface area contributed by atoms with Gasteiger partial charge in [-0.15, -0.1) is 0 Å². The summed E-state index contributed by atoms with van der Waals surface area (Å²) in [6, 6.07) is 0. The van der Waals surface area contributed by atoms with Crippen LogP contribution in [0.4, 0.5) is 0 Å².